The van der Waals surface area contributed by atoms with Gasteiger partial charge >= 0.3 is 0 Å². The second kappa shape index (κ2) is 10.1. The summed E-state index contributed by atoms with van der Waals surface area (Å²) in [5.41, 5.74) is 1.77. The number of hydrogen-bond acceptors (Lipinski definition) is 3. The highest BCUT2D eigenvalue weighted by Crippen LogP contribution is 2.25. The van der Waals surface area contributed by atoms with Gasteiger partial charge in [-0.1, -0.05) is 65.7 Å². The van der Waals surface area contributed by atoms with Crippen LogP contribution in [-0.4, -0.2) is 54.5 Å². The summed E-state index contributed by atoms with van der Waals surface area (Å²) < 4.78 is 0. The summed E-state index contributed by atoms with van der Waals surface area (Å²) >= 11 is 12.1. The Bertz CT molecular complexity index is 818. The fourth-order valence-electron chi connectivity index (χ4n) is 3.23. The van der Waals surface area contributed by atoms with Gasteiger partial charge in [0.05, 0.1) is 16.8 Å². The fourth-order valence-corrected chi connectivity index (χ4v) is 3.57. The van der Waals surface area contributed by atoms with Crippen molar-refractivity contribution in [2.75, 3.05) is 38.0 Å². The molecule has 1 aliphatic heterocycles. The van der Waals surface area contributed by atoms with Crippen molar-refractivity contribution >= 4 is 40.9 Å². The summed E-state index contributed by atoms with van der Waals surface area (Å²) in [6, 6.07) is 15.1. The Hall–Kier alpha value is -1.85. The first kappa shape index (κ1) is 20.9. The molecule has 2 aromatic carbocycles. The van der Waals surface area contributed by atoms with E-state index in [0.29, 0.717) is 15.7 Å². The summed E-state index contributed by atoms with van der Waals surface area (Å²) in [5, 5.41) is 3.92. The van der Waals surface area contributed by atoms with Crippen LogP contribution in [0.5, 0.6) is 0 Å². The van der Waals surface area contributed by atoms with Crippen molar-refractivity contribution in [2.24, 2.45) is 0 Å². The van der Waals surface area contributed by atoms with Gasteiger partial charge < -0.3 is 5.32 Å². The number of carbonyl (C=O) groups excluding carboxylic acids is 1. The van der Waals surface area contributed by atoms with E-state index in [-0.39, 0.29) is 11.9 Å². The first-order chi connectivity index (χ1) is 13.5. The van der Waals surface area contributed by atoms with Crippen molar-refractivity contribution < 1.29 is 4.79 Å². The fraction of sp³-hybridized carbons (Fsp3) is 0.318. The Morgan fingerprint density at radius 2 is 1.82 bits per heavy atom. The number of nitrogens with zero attached hydrogens (tertiary/aromatic N) is 2. The van der Waals surface area contributed by atoms with Gasteiger partial charge in [-0.2, -0.15) is 0 Å². The molecule has 1 atom stereocenters. The quantitative estimate of drug-likeness (QED) is 0.742. The average molecular weight is 418 g/mol. The Balaban J connectivity index is 1.46. The normalized spacial score (nSPS) is 17.0. The molecule has 0 saturated carbocycles. The van der Waals surface area contributed by atoms with Crippen molar-refractivity contribution in [3.63, 3.8) is 0 Å². The number of piperazine rings is 1. The van der Waals surface area contributed by atoms with E-state index in [4.69, 9.17) is 23.2 Å². The van der Waals surface area contributed by atoms with Crippen LogP contribution in [0.4, 0.5) is 5.69 Å². The number of amides is 1. The minimum Gasteiger partial charge on any atom is -0.323 e. The molecule has 3 rings (SSSR count). The maximum absolute atomic E-state index is 12.6. The number of halogens is 2. The van der Waals surface area contributed by atoms with Gasteiger partial charge in [-0.15, -0.1) is 0 Å². The SMILES string of the molecule is CC(C(=O)Nc1cc(Cl)ccc1Cl)N1CCN(C/C=C/c2ccccc2)CC1. The molecule has 0 aromatic heterocycles. The average Bonchev–Trinajstić information content (AvgIpc) is 2.71. The molecule has 148 valence electrons. The molecule has 2 aromatic rings. The Kier molecular flexibility index (Phi) is 7.51. The highest BCUT2D eigenvalue weighted by atomic mass is 35.5. The monoisotopic (exact) mass is 417 g/mol. The molecule has 4 nitrogen and oxygen atoms in total. The minimum absolute atomic E-state index is 0.0680. The Labute approximate surface area is 176 Å². The van der Waals surface area contributed by atoms with Gasteiger partial charge in [0, 0.05) is 37.7 Å². The lowest BCUT2D eigenvalue weighted by Gasteiger charge is -2.37. The van der Waals surface area contributed by atoms with Crippen LogP contribution in [0, 0.1) is 0 Å². The predicted molar refractivity (Wildman–Crippen MR) is 118 cm³/mol. The maximum Gasteiger partial charge on any atom is 0.241 e. The van der Waals surface area contributed by atoms with Crippen LogP contribution in [0.2, 0.25) is 10.0 Å². The van der Waals surface area contributed by atoms with E-state index < -0.39 is 0 Å². The highest BCUT2D eigenvalue weighted by molar-refractivity contribution is 6.35. The number of carbonyl (C=O) groups is 1. The third kappa shape index (κ3) is 5.82. The van der Waals surface area contributed by atoms with Crippen LogP contribution in [0.25, 0.3) is 6.08 Å². The van der Waals surface area contributed by atoms with Crippen LogP contribution in [0.15, 0.2) is 54.6 Å². The number of benzene rings is 2. The predicted octanol–water partition coefficient (Wildman–Crippen LogP) is 4.65. The molecule has 1 unspecified atom stereocenters. The summed E-state index contributed by atoms with van der Waals surface area (Å²) in [6.45, 7) is 6.44. The first-order valence-corrected chi connectivity index (χ1v) is 10.2. The second-order valence-electron chi connectivity index (χ2n) is 6.94. The highest BCUT2D eigenvalue weighted by Gasteiger charge is 2.25. The molecule has 28 heavy (non-hydrogen) atoms. The van der Waals surface area contributed by atoms with Crippen molar-refractivity contribution in [3.05, 3.63) is 70.2 Å². The number of nitrogens with one attached hydrogen (secondary N) is 1. The molecule has 1 fully saturated rings. The van der Waals surface area contributed by atoms with E-state index in [1.165, 1.54) is 5.56 Å². The summed E-state index contributed by atoms with van der Waals surface area (Å²) in [7, 11) is 0. The zero-order valence-electron chi connectivity index (χ0n) is 15.9. The van der Waals surface area contributed by atoms with Crippen LogP contribution >= 0.6 is 23.2 Å². The summed E-state index contributed by atoms with van der Waals surface area (Å²) in [4.78, 5) is 17.2. The molecule has 1 aliphatic rings. The van der Waals surface area contributed by atoms with E-state index >= 15 is 0 Å². The molecule has 1 amide bonds. The van der Waals surface area contributed by atoms with E-state index in [1.807, 2.05) is 25.1 Å². The van der Waals surface area contributed by atoms with E-state index in [0.717, 1.165) is 32.7 Å². The third-order valence-corrected chi connectivity index (χ3v) is 5.56. The largest absolute Gasteiger partial charge is 0.323 e. The third-order valence-electron chi connectivity index (χ3n) is 4.99. The first-order valence-electron chi connectivity index (χ1n) is 9.47. The summed E-state index contributed by atoms with van der Waals surface area (Å²) in [6.07, 6.45) is 4.35. The van der Waals surface area contributed by atoms with Gasteiger partial charge in [0.25, 0.3) is 0 Å². The number of hydrogen-bond donors (Lipinski definition) is 1. The molecule has 1 heterocycles. The molecule has 0 radical (unpaired) electrons. The molecule has 1 saturated heterocycles. The van der Waals surface area contributed by atoms with Crippen LogP contribution in [0.1, 0.15) is 12.5 Å². The Morgan fingerprint density at radius 3 is 2.54 bits per heavy atom. The molecule has 0 aliphatic carbocycles. The van der Waals surface area contributed by atoms with Gasteiger partial charge in [0.1, 0.15) is 0 Å². The maximum atomic E-state index is 12.6. The molecular formula is C22H25Cl2N3O. The van der Waals surface area contributed by atoms with Crippen LogP contribution < -0.4 is 5.32 Å². The zero-order chi connectivity index (χ0) is 19.9. The lowest BCUT2D eigenvalue weighted by atomic mass is 10.2. The zero-order valence-corrected chi connectivity index (χ0v) is 17.5. The minimum atomic E-state index is -0.225. The lowest BCUT2D eigenvalue weighted by Crippen LogP contribution is -2.52. The van der Waals surface area contributed by atoms with Crippen molar-refractivity contribution in [2.45, 2.75) is 13.0 Å². The summed E-state index contributed by atoms with van der Waals surface area (Å²) in [5.74, 6) is -0.0680. The molecular weight excluding hydrogens is 393 g/mol. The van der Waals surface area contributed by atoms with Crippen LogP contribution in [-0.2, 0) is 4.79 Å². The number of anilines is 1. The van der Waals surface area contributed by atoms with Gasteiger partial charge in [0.15, 0.2) is 0 Å². The van der Waals surface area contributed by atoms with Crippen molar-refractivity contribution in [3.8, 4) is 0 Å². The second-order valence-corrected chi connectivity index (χ2v) is 7.78. The van der Waals surface area contributed by atoms with Gasteiger partial charge in [0.2, 0.25) is 5.91 Å². The van der Waals surface area contributed by atoms with Gasteiger partial charge in [-0.25, -0.2) is 0 Å². The topological polar surface area (TPSA) is 35.6 Å². The Morgan fingerprint density at radius 1 is 1.11 bits per heavy atom. The van der Waals surface area contributed by atoms with E-state index in [1.54, 1.807) is 18.2 Å². The van der Waals surface area contributed by atoms with Crippen molar-refractivity contribution in [1.29, 1.82) is 0 Å². The molecule has 6 heteroatoms. The van der Waals surface area contributed by atoms with Gasteiger partial charge in [-0.3, -0.25) is 14.6 Å². The molecule has 0 bridgehead atoms. The molecule has 1 N–H and O–H groups in total. The smallest absolute Gasteiger partial charge is 0.241 e. The standard InChI is InChI=1S/C22H25Cl2N3O/c1-17(22(28)25-21-16-19(23)9-10-20(21)24)27-14-12-26(13-15-27)11-5-8-18-6-3-2-4-7-18/h2-10,16-17H,11-15H2,1H3,(H,25,28)/b8-5+. The van der Waals surface area contributed by atoms with E-state index in [2.05, 4.69) is 39.4 Å². The van der Waals surface area contributed by atoms with E-state index in [9.17, 15) is 4.79 Å². The number of rotatable bonds is 6. The molecule has 0 spiro atoms. The van der Waals surface area contributed by atoms with Gasteiger partial charge in [-0.05, 0) is 30.7 Å². The van der Waals surface area contributed by atoms with Crippen LogP contribution in [0.3, 0.4) is 0 Å². The lowest BCUT2D eigenvalue weighted by molar-refractivity contribution is -0.121. The van der Waals surface area contributed by atoms with Crippen molar-refractivity contribution in [1.82, 2.24) is 9.80 Å².